The van der Waals surface area contributed by atoms with Crippen molar-refractivity contribution < 1.29 is 24.2 Å². The van der Waals surface area contributed by atoms with Crippen LogP contribution in [0.4, 0.5) is 0 Å². The maximum atomic E-state index is 11.7. The topological polar surface area (TPSA) is 72.8 Å². The maximum Gasteiger partial charge on any atom is 0.349 e. The average molecular weight is 300 g/mol. The van der Waals surface area contributed by atoms with Crippen LogP contribution < -0.4 is 9.47 Å². The predicted molar refractivity (Wildman–Crippen MR) is 80.4 cm³/mol. The van der Waals surface area contributed by atoms with Gasteiger partial charge in [0.1, 0.15) is 11.5 Å². The van der Waals surface area contributed by atoms with Crippen LogP contribution in [0.15, 0.2) is 42.5 Å². The van der Waals surface area contributed by atoms with Gasteiger partial charge in [0.2, 0.25) is 0 Å². The zero-order chi connectivity index (χ0) is 16.1. The number of hydrogen-bond donors (Lipinski definition) is 1. The second kappa shape index (κ2) is 6.76. The highest BCUT2D eigenvalue weighted by Crippen LogP contribution is 2.17. The van der Waals surface area contributed by atoms with Crippen molar-refractivity contribution in [3.05, 3.63) is 59.2 Å². The summed E-state index contributed by atoms with van der Waals surface area (Å²) in [7, 11) is 0. The Balaban J connectivity index is 1.95. The number of esters is 1. The number of ether oxygens (including phenoxy) is 2. The summed E-state index contributed by atoms with van der Waals surface area (Å²) in [6, 6.07) is 11.4. The van der Waals surface area contributed by atoms with Crippen molar-refractivity contribution in [3.63, 3.8) is 0 Å². The second-order valence-corrected chi connectivity index (χ2v) is 4.92. The number of carbonyl (C=O) groups excluding carboxylic acids is 1. The molecule has 0 fully saturated rings. The Morgan fingerprint density at radius 1 is 1.00 bits per heavy atom. The highest BCUT2D eigenvalue weighted by atomic mass is 16.6. The minimum absolute atomic E-state index is 0.0560. The van der Waals surface area contributed by atoms with E-state index >= 15 is 0 Å². The Morgan fingerprint density at radius 2 is 1.68 bits per heavy atom. The molecule has 0 atom stereocenters. The van der Waals surface area contributed by atoms with Crippen LogP contribution in [0.3, 0.4) is 0 Å². The van der Waals surface area contributed by atoms with Gasteiger partial charge in [-0.05, 0) is 55.3 Å². The number of carboxylic acids is 1. The molecule has 114 valence electrons. The van der Waals surface area contributed by atoms with Crippen LogP contribution in [0.25, 0.3) is 0 Å². The van der Waals surface area contributed by atoms with Crippen molar-refractivity contribution >= 4 is 11.9 Å². The molecule has 1 N–H and O–H groups in total. The fourth-order valence-electron chi connectivity index (χ4n) is 2.01. The fraction of sp³-hybridized carbons (Fsp3) is 0.176. The van der Waals surface area contributed by atoms with Crippen LogP contribution >= 0.6 is 0 Å². The smallest absolute Gasteiger partial charge is 0.349 e. The standard InChI is InChI=1S/C17H16O5/c1-11-6-12(2)8-15(7-11)21-10-16(18)22-14-5-3-4-13(9-14)17(19)20/h3-9H,10H2,1-2H3,(H,19,20). The van der Waals surface area contributed by atoms with Crippen molar-refractivity contribution in [3.8, 4) is 11.5 Å². The Kier molecular flexibility index (Phi) is 4.78. The third-order valence-corrected chi connectivity index (χ3v) is 2.86. The first-order valence-electron chi connectivity index (χ1n) is 6.69. The van der Waals surface area contributed by atoms with Gasteiger partial charge in [0.25, 0.3) is 0 Å². The van der Waals surface area contributed by atoms with Crippen LogP contribution in [0, 0.1) is 13.8 Å². The van der Waals surface area contributed by atoms with Gasteiger partial charge in [0.05, 0.1) is 5.56 Å². The molecule has 0 saturated heterocycles. The SMILES string of the molecule is Cc1cc(C)cc(OCC(=O)Oc2cccc(C(=O)O)c2)c1. The second-order valence-electron chi connectivity index (χ2n) is 4.92. The molecule has 0 heterocycles. The lowest BCUT2D eigenvalue weighted by Crippen LogP contribution is -2.18. The van der Waals surface area contributed by atoms with Crippen LogP contribution in [0.5, 0.6) is 11.5 Å². The van der Waals surface area contributed by atoms with Gasteiger partial charge in [0.15, 0.2) is 6.61 Å². The Hall–Kier alpha value is -2.82. The summed E-state index contributed by atoms with van der Waals surface area (Å²) < 4.78 is 10.4. The van der Waals surface area contributed by atoms with Crippen molar-refractivity contribution in [1.29, 1.82) is 0 Å². The van der Waals surface area contributed by atoms with E-state index in [0.29, 0.717) is 5.75 Å². The molecule has 0 unspecified atom stereocenters. The molecule has 2 rings (SSSR count). The van der Waals surface area contributed by atoms with Crippen LogP contribution in [0.1, 0.15) is 21.5 Å². The van der Waals surface area contributed by atoms with Crippen molar-refractivity contribution in [2.45, 2.75) is 13.8 Å². The summed E-state index contributed by atoms with van der Waals surface area (Å²) in [5.74, 6) is -0.909. The number of hydrogen-bond acceptors (Lipinski definition) is 4. The summed E-state index contributed by atoms with van der Waals surface area (Å²) in [6.45, 7) is 3.63. The molecule has 0 amide bonds. The molecule has 0 aliphatic carbocycles. The van der Waals surface area contributed by atoms with E-state index in [-0.39, 0.29) is 17.9 Å². The zero-order valence-corrected chi connectivity index (χ0v) is 12.3. The summed E-state index contributed by atoms with van der Waals surface area (Å²) in [5.41, 5.74) is 2.13. The molecular weight excluding hydrogens is 284 g/mol. The normalized spacial score (nSPS) is 10.1. The van der Waals surface area contributed by atoms with Crippen molar-refractivity contribution in [1.82, 2.24) is 0 Å². The molecular formula is C17H16O5. The van der Waals surface area contributed by atoms with E-state index in [2.05, 4.69) is 0 Å². The lowest BCUT2D eigenvalue weighted by molar-refractivity contribution is -0.136. The van der Waals surface area contributed by atoms with Gasteiger partial charge in [-0.25, -0.2) is 9.59 Å². The van der Waals surface area contributed by atoms with Gasteiger partial charge in [-0.1, -0.05) is 12.1 Å². The summed E-state index contributed by atoms with van der Waals surface area (Å²) in [5, 5.41) is 8.88. The number of carbonyl (C=O) groups is 2. The molecule has 0 radical (unpaired) electrons. The fourth-order valence-corrected chi connectivity index (χ4v) is 2.01. The third kappa shape index (κ3) is 4.34. The average Bonchev–Trinajstić information content (AvgIpc) is 2.44. The molecule has 0 aliphatic rings. The minimum atomic E-state index is -1.08. The van der Waals surface area contributed by atoms with Gasteiger partial charge >= 0.3 is 11.9 Å². The largest absolute Gasteiger partial charge is 0.482 e. The highest BCUT2D eigenvalue weighted by Gasteiger charge is 2.09. The molecule has 0 saturated carbocycles. The van der Waals surface area contributed by atoms with E-state index in [1.54, 1.807) is 0 Å². The first-order valence-corrected chi connectivity index (χ1v) is 6.69. The maximum absolute atomic E-state index is 11.7. The number of rotatable bonds is 5. The Labute approximate surface area is 128 Å². The van der Waals surface area contributed by atoms with E-state index < -0.39 is 11.9 Å². The Bertz CT molecular complexity index is 686. The quantitative estimate of drug-likeness (QED) is 0.679. The third-order valence-electron chi connectivity index (χ3n) is 2.86. The molecule has 5 heteroatoms. The minimum Gasteiger partial charge on any atom is -0.482 e. The number of carboxylic acid groups (broad SMARTS) is 1. The van der Waals surface area contributed by atoms with Gasteiger partial charge in [-0.15, -0.1) is 0 Å². The molecule has 0 bridgehead atoms. The summed E-state index contributed by atoms with van der Waals surface area (Å²) >= 11 is 0. The van der Waals surface area contributed by atoms with E-state index in [4.69, 9.17) is 14.6 Å². The number of aromatic carboxylic acids is 1. The molecule has 2 aromatic carbocycles. The highest BCUT2D eigenvalue weighted by molar-refractivity contribution is 5.88. The molecule has 0 aromatic heterocycles. The molecule has 2 aromatic rings. The molecule has 22 heavy (non-hydrogen) atoms. The summed E-state index contributed by atoms with van der Waals surface area (Å²) in [4.78, 5) is 22.6. The predicted octanol–water partition coefficient (Wildman–Crippen LogP) is 2.99. The number of benzene rings is 2. The van der Waals surface area contributed by atoms with E-state index in [1.807, 2.05) is 32.0 Å². The summed E-state index contributed by atoms with van der Waals surface area (Å²) in [6.07, 6.45) is 0. The zero-order valence-electron chi connectivity index (χ0n) is 12.3. The van der Waals surface area contributed by atoms with Crippen LogP contribution in [-0.4, -0.2) is 23.7 Å². The van der Waals surface area contributed by atoms with Crippen LogP contribution in [0.2, 0.25) is 0 Å². The van der Waals surface area contributed by atoms with Gasteiger partial charge in [0, 0.05) is 0 Å². The monoisotopic (exact) mass is 300 g/mol. The van der Waals surface area contributed by atoms with Gasteiger partial charge < -0.3 is 14.6 Å². The van der Waals surface area contributed by atoms with E-state index in [9.17, 15) is 9.59 Å². The lowest BCUT2D eigenvalue weighted by Gasteiger charge is -2.08. The molecule has 5 nitrogen and oxygen atoms in total. The van der Waals surface area contributed by atoms with E-state index in [1.165, 1.54) is 24.3 Å². The van der Waals surface area contributed by atoms with Crippen molar-refractivity contribution in [2.75, 3.05) is 6.61 Å². The first kappa shape index (κ1) is 15.6. The van der Waals surface area contributed by atoms with E-state index in [0.717, 1.165) is 11.1 Å². The van der Waals surface area contributed by atoms with Gasteiger partial charge in [-0.2, -0.15) is 0 Å². The Morgan fingerprint density at radius 3 is 2.32 bits per heavy atom. The van der Waals surface area contributed by atoms with Gasteiger partial charge in [-0.3, -0.25) is 0 Å². The lowest BCUT2D eigenvalue weighted by atomic mass is 10.1. The first-order chi connectivity index (χ1) is 10.4. The van der Waals surface area contributed by atoms with Crippen LogP contribution in [-0.2, 0) is 4.79 Å². The number of aryl methyl sites for hydroxylation is 2. The molecule has 0 aliphatic heterocycles. The van der Waals surface area contributed by atoms with Crippen molar-refractivity contribution in [2.24, 2.45) is 0 Å². The molecule has 0 spiro atoms.